The Morgan fingerprint density at radius 3 is 2.20 bits per heavy atom. The Bertz CT molecular complexity index is 716. The van der Waals surface area contributed by atoms with Crippen LogP contribution in [0, 0.1) is 5.82 Å². The molecule has 0 aliphatic heterocycles. The standard InChI is InChI=1S/C20H26FN3O/c1-23(2)14-16-10-6-5-9-15(16)13-22-20(25)19(24(3)4)17-11-7-8-12-18(17)21/h5-12,19H,13-14H2,1-4H3,(H,22,25)/t19-/m1/s1. The molecule has 2 rings (SSSR count). The number of carbonyl (C=O) groups is 1. The van der Waals surface area contributed by atoms with Crippen molar-refractivity contribution in [3.05, 3.63) is 71.0 Å². The molecule has 0 unspecified atom stereocenters. The lowest BCUT2D eigenvalue weighted by molar-refractivity contribution is -0.126. The quantitative estimate of drug-likeness (QED) is 0.840. The van der Waals surface area contributed by atoms with Gasteiger partial charge in [0.05, 0.1) is 0 Å². The van der Waals surface area contributed by atoms with Crippen LogP contribution in [-0.2, 0) is 17.9 Å². The molecular formula is C20H26FN3O. The Labute approximate surface area is 149 Å². The summed E-state index contributed by atoms with van der Waals surface area (Å²) in [6, 6.07) is 13.8. The summed E-state index contributed by atoms with van der Waals surface area (Å²) in [4.78, 5) is 16.5. The average molecular weight is 343 g/mol. The number of amides is 1. The van der Waals surface area contributed by atoms with Gasteiger partial charge in [-0.3, -0.25) is 9.69 Å². The highest BCUT2D eigenvalue weighted by molar-refractivity contribution is 5.83. The molecule has 0 heterocycles. The molecule has 0 fully saturated rings. The molecular weight excluding hydrogens is 317 g/mol. The van der Waals surface area contributed by atoms with E-state index in [0.29, 0.717) is 12.1 Å². The van der Waals surface area contributed by atoms with E-state index in [2.05, 4.69) is 16.3 Å². The molecule has 0 bridgehead atoms. The van der Waals surface area contributed by atoms with Crippen LogP contribution < -0.4 is 5.32 Å². The highest BCUT2D eigenvalue weighted by atomic mass is 19.1. The smallest absolute Gasteiger partial charge is 0.242 e. The molecule has 2 aromatic rings. The fraction of sp³-hybridized carbons (Fsp3) is 0.350. The van der Waals surface area contributed by atoms with Gasteiger partial charge >= 0.3 is 0 Å². The van der Waals surface area contributed by atoms with Gasteiger partial charge in [0, 0.05) is 18.7 Å². The molecule has 1 atom stereocenters. The van der Waals surface area contributed by atoms with Crippen LogP contribution in [0.4, 0.5) is 4.39 Å². The summed E-state index contributed by atoms with van der Waals surface area (Å²) in [7, 11) is 7.57. The maximum Gasteiger partial charge on any atom is 0.242 e. The molecule has 5 heteroatoms. The van der Waals surface area contributed by atoms with E-state index in [-0.39, 0.29) is 11.7 Å². The van der Waals surface area contributed by atoms with E-state index in [9.17, 15) is 9.18 Å². The monoisotopic (exact) mass is 343 g/mol. The van der Waals surface area contributed by atoms with E-state index < -0.39 is 6.04 Å². The van der Waals surface area contributed by atoms with Gasteiger partial charge in [0.15, 0.2) is 0 Å². The number of hydrogen-bond acceptors (Lipinski definition) is 3. The van der Waals surface area contributed by atoms with Crippen molar-refractivity contribution in [3.8, 4) is 0 Å². The maximum atomic E-state index is 14.1. The number of nitrogens with one attached hydrogen (secondary N) is 1. The van der Waals surface area contributed by atoms with E-state index in [1.165, 1.54) is 11.6 Å². The van der Waals surface area contributed by atoms with Crippen molar-refractivity contribution in [1.29, 1.82) is 0 Å². The molecule has 0 saturated carbocycles. The number of benzene rings is 2. The van der Waals surface area contributed by atoms with Crippen LogP contribution >= 0.6 is 0 Å². The van der Waals surface area contributed by atoms with Gasteiger partial charge in [0.1, 0.15) is 11.9 Å². The predicted molar refractivity (Wildman–Crippen MR) is 98.5 cm³/mol. The van der Waals surface area contributed by atoms with Crippen molar-refractivity contribution in [1.82, 2.24) is 15.1 Å². The van der Waals surface area contributed by atoms with E-state index in [1.54, 1.807) is 37.2 Å². The van der Waals surface area contributed by atoms with Crippen molar-refractivity contribution in [3.63, 3.8) is 0 Å². The van der Waals surface area contributed by atoms with Crippen LogP contribution in [0.25, 0.3) is 0 Å². The van der Waals surface area contributed by atoms with Gasteiger partial charge in [-0.1, -0.05) is 42.5 Å². The zero-order valence-corrected chi connectivity index (χ0v) is 15.3. The SMILES string of the molecule is CN(C)Cc1ccccc1CNC(=O)[C@@H](c1ccccc1F)N(C)C. The normalized spacial score (nSPS) is 12.4. The summed E-state index contributed by atoms with van der Waals surface area (Å²) >= 11 is 0. The van der Waals surface area contributed by atoms with Gasteiger partial charge in [-0.15, -0.1) is 0 Å². The summed E-state index contributed by atoms with van der Waals surface area (Å²) in [5.74, 6) is -0.584. The lowest BCUT2D eigenvalue weighted by atomic mass is 10.0. The van der Waals surface area contributed by atoms with E-state index in [1.807, 2.05) is 32.3 Å². The number of likely N-dealkylation sites (N-methyl/N-ethyl adjacent to an activating group) is 1. The summed E-state index contributed by atoms with van der Waals surface area (Å²) < 4.78 is 14.1. The third-order valence-electron chi connectivity index (χ3n) is 4.02. The third kappa shape index (κ3) is 5.11. The van der Waals surface area contributed by atoms with Crippen molar-refractivity contribution >= 4 is 5.91 Å². The molecule has 134 valence electrons. The molecule has 0 radical (unpaired) electrons. The first kappa shape index (κ1) is 19.1. The molecule has 25 heavy (non-hydrogen) atoms. The number of carbonyl (C=O) groups excluding carboxylic acids is 1. The Morgan fingerprint density at radius 2 is 1.60 bits per heavy atom. The Morgan fingerprint density at radius 1 is 1.00 bits per heavy atom. The molecule has 0 aromatic heterocycles. The van der Waals surface area contributed by atoms with E-state index in [0.717, 1.165) is 12.1 Å². The molecule has 4 nitrogen and oxygen atoms in total. The molecule has 0 aliphatic rings. The van der Waals surface area contributed by atoms with Gasteiger partial charge in [-0.2, -0.15) is 0 Å². The average Bonchev–Trinajstić information content (AvgIpc) is 2.55. The predicted octanol–water partition coefficient (Wildman–Crippen LogP) is 2.81. The van der Waals surface area contributed by atoms with E-state index >= 15 is 0 Å². The number of nitrogens with zero attached hydrogens (tertiary/aromatic N) is 2. The van der Waals surface area contributed by atoms with Gasteiger partial charge in [0.2, 0.25) is 5.91 Å². The largest absolute Gasteiger partial charge is 0.350 e. The van der Waals surface area contributed by atoms with Crippen LogP contribution in [0.2, 0.25) is 0 Å². The zero-order chi connectivity index (χ0) is 18.4. The minimum atomic E-state index is -0.665. The molecule has 0 spiro atoms. The highest BCUT2D eigenvalue weighted by Gasteiger charge is 2.25. The van der Waals surface area contributed by atoms with E-state index in [4.69, 9.17) is 0 Å². The highest BCUT2D eigenvalue weighted by Crippen LogP contribution is 2.21. The van der Waals surface area contributed by atoms with Crippen LogP contribution in [0.1, 0.15) is 22.7 Å². The number of hydrogen-bond donors (Lipinski definition) is 1. The van der Waals surface area contributed by atoms with Crippen molar-refractivity contribution in [2.45, 2.75) is 19.1 Å². The second-order valence-corrected chi connectivity index (χ2v) is 6.61. The van der Waals surface area contributed by atoms with Gasteiger partial charge in [0.25, 0.3) is 0 Å². The number of rotatable bonds is 7. The topological polar surface area (TPSA) is 35.6 Å². The minimum Gasteiger partial charge on any atom is -0.350 e. The zero-order valence-electron chi connectivity index (χ0n) is 15.3. The lowest BCUT2D eigenvalue weighted by Gasteiger charge is -2.24. The van der Waals surface area contributed by atoms with Crippen LogP contribution in [0.5, 0.6) is 0 Å². The Balaban J connectivity index is 2.14. The summed E-state index contributed by atoms with van der Waals surface area (Å²) in [5.41, 5.74) is 2.61. The first-order valence-corrected chi connectivity index (χ1v) is 8.30. The van der Waals surface area contributed by atoms with Crippen LogP contribution in [-0.4, -0.2) is 43.9 Å². The second kappa shape index (κ2) is 8.74. The lowest BCUT2D eigenvalue weighted by Crippen LogP contribution is -2.37. The fourth-order valence-corrected chi connectivity index (χ4v) is 2.85. The fourth-order valence-electron chi connectivity index (χ4n) is 2.85. The van der Waals surface area contributed by atoms with Crippen LogP contribution in [0.3, 0.4) is 0 Å². The first-order valence-electron chi connectivity index (χ1n) is 8.30. The van der Waals surface area contributed by atoms with Crippen molar-refractivity contribution < 1.29 is 9.18 Å². The molecule has 1 amide bonds. The summed E-state index contributed by atoms with van der Waals surface area (Å²) in [6.07, 6.45) is 0. The van der Waals surface area contributed by atoms with Crippen LogP contribution in [0.15, 0.2) is 48.5 Å². The Hall–Kier alpha value is -2.24. The maximum absolute atomic E-state index is 14.1. The summed E-state index contributed by atoms with van der Waals surface area (Å²) in [6.45, 7) is 1.22. The Kier molecular flexibility index (Phi) is 6.67. The second-order valence-electron chi connectivity index (χ2n) is 6.61. The molecule has 2 aromatic carbocycles. The first-order chi connectivity index (χ1) is 11.9. The number of halogens is 1. The van der Waals surface area contributed by atoms with Gasteiger partial charge < -0.3 is 10.2 Å². The third-order valence-corrected chi connectivity index (χ3v) is 4.02. The van der Waals surface area contributed by atoms with Crippen molar-refractivity contribution in [2.24, 2.45) is 0 Å². The van der Waals surface area contributed by atoms with Gasteiger partial charge in [-0.05, 0) is 45.4 Å². The van der Waals surface area contributed by atoms with Gasteiger partial charge in [-0.25, -0.2) is 4.39 Å². The molecule has 1 N–H and O–H groups in total. The van der Waals surface area contributed by atoms with Crippen molar-refractivity contribution in [2.75, 3.05) is 28.2 Å². The minimum absolute atomic E-state index is 0.213. The molecule has 0 saturated heterocycles. The molecule has 0 aliphatic carbocycles. The summed E-state index contributed by atoms with van der Waals surface area (Å²) in [5, 5.41) is 2.95.